The summed E-state index contributed by atoms with van der Waals surface area (Å²) in [6, 6.07) is 10.5. The molecule has 1 aliphatic rings. The van der Waals surface area contributed by atoms with Gasteiger partial charge in [-0.15, -0.1) is 0 Å². The highest BCUT2D eigenvalue weighted by molar-refractivity contribution is 7.99. The number of hydrogen-bond acceptors (Lipinski definition) is 4. The summed E-state index contributed by atoms with van der Waals surface area (Å²) in [5.41, 5.74) is 1.07. The Balaban J connectivity index is 1.76. The van der Waals surface area contributed by atoms with Crippen LogP contribution in [0.15, 0.2) is 42.6 Å². The molecule has 1 saturated heterocycles. The first kappa shape index (κ1) is 15.2. The minimum atomic E-state index is -0.254. The molecule has 1 atom stereocenters. The summed E-state index contributed by atoms with van der Waals surface area (Å²) in [4.78, 5) is 16.6. The van der Waals surface area contributed by atoms with Gasteiger partial charge in [0.25, 0.3) is 5.91 Å². The number of hydrogen-bond donors (Lipinski definition) is 1. The Hall–Kier alpha value is -1.72. The Morgan fingerprint density at radius 2 is 2.27 bits per heavy atom. The van der Waals surface area contributed by atoms with Crippen LogP contribution >= 0.6 is 23.4 Å². The van der Waals surface area contributed by atoms with Crippen molar-refractivity contribution < 1.29 is 9.53 Å². The number of benzene rings is 1. The lowest BCUT2D eigenvalue weighted by Crippen LogP contribution is -2.20. The van der Waals surface area contributed by atoms with Gasteiger partial charge in [-0.25, -0.2) is 4.98 Å². The normalized spacial score (nSPS) is 17.2. The summed E-state index contributed by atoms with van der Waals surface area (Å²) in [7, 11) is 0. The highest BCUT2D eigenvalue weighted by atomic mass is 35.5. The van der Waals surface area contributed by atoms with E-state index in [0.29, 0.717) is 22.2 Å². The van der Waals surface area contributed by atoms with Gasteiger partial charge in [-0.3, -0.25) is 4.79 Å². The molecule has 6 heteroatoms. The van der Waals surface area contributed by atoms with E-state index in [1.54, 1.807) is 42.6 Å². The van der Waals surface area contributed by atoms with Gasteiger partial charge < -0.3 is 10.1 Å². The number of anilines is 1. The molecule has 0 aliphatic carbocycles. The predicted molar refractivity (Wildman–Crippen MR) is 90.0 cm³/mol. The first-order valence-corrected chi connectivity index (χ1v) is 8.52. The molecule has 1 aromatic carbocycles. The fraction of sp³-hybridized carbons (Fsp3) is 0.250. The van der Waals surface area contributed by atoms with Gasteiger partial charge in [-0.05, 0) is 42.5 Å². The van der Waals surface area contributed by atoms with Crippen LogP contribution in [0.2, 0.25) is 5.02 Å². The molecule has 1 unspecified atom stereocenters. The van der Waals surface area contributed by atoms with Crippen molar-refractivity contribution >= 4 is 35.0 Å². The molecule has 0 bridgehead atoms. The topological polar surface area (TPSA) is 51.2 Å². The van der Waals surface area contributed by atoms with E-state index in [-0.39, 0.29) is 12.0 Å². The largest absolute Gasteiger partial charge is 0.473 e. The SMILES string of the molecule is O=C(Nc1cccc(Cl)c1)c1cccnc1OC1CCSC1. The van der Waals surface area contributed by atoms with Crippen LogP contribution in [0.4, 0.5) is 5.69 Å². The van der Waals surface area contributed by atoms with E-state index in [2.05, 4.69) is 10.3 Å². The number of nitrogens with one attached hydrogen (secondary N) is 1. The second kappa shape index (κ2) is 7.03. The third-order valence-electron chi connectivity index (χ3n) is 3.26. The van der Waals surface area contributed by atoms with Crippen LogP contribution in [0, 0.1) is 0 Å². The minimum absolute atomic E-state index is 0.123. The molecule has 1 N–H and O–H groups in total. The van der Waals surface area contributed by atoms with Crippen molar-refractivity contribution in [1.82, 2.24) is 4.98 Å². The Labute approximate surface area is 138 Å². The number of rotatable bonds is 4. The van der Waals surface area contributed by atoms with Gasteiger partial charge in [0.15, 0.2) is 0 Å². The molecule has 0 radical (unpaired) electrons. The molecule has 2 aromatic rings. The molecule has 114 valence electrons. The monoisotopic (exact) mass is 334 g/mol. The zero-order chi connectivity index (χ0) is 15.4. The maximum absolute atomic E-state index is 12.4. The number of carbonyl (C=O) groups is 1. The summed E-state index contributed by atoms with van der Waals surface area (Å²) in [5.74, 6) is 2.15. The van der Waals surface area contributed by atoms with Gasteiger partial charge in [0.2, 0.25) is 5.88 Å². The van der Waals surface area contributed by atoms with E-state index in [1.807, 2.05) is 11.8 Å². The molecular weight excluding hydrogens is 320 g/mol. The summed E-state index contributed by atoms with van der Waals surface area (Å²) >= 11 is 7.78. The quantitative estimate of drug-likeness (QED) is 0.922. The minimum Gasteiger partial charge on any atom is -0.473 e. The summed E-state index contributed by atoms with van der Waals surface area (Å²) in [6.07, 6.45) is 2.74. The summed E-state index contributed by atoms with van der Waals surface area (Å²) in [5, 5.41) is 3.39. The number of thioether (sulfide) groups is 1. The van der Waals surface area contributed by atoms with Crippen molar-refractivity contribution in [3.8, 4) is 5.88 Å². The molecular formula is C16H15ClN2O2S. The molecule has 22 heavy (non-hydrogen) atoms. The van der Waals surface area contributed by atoms with E-state index >= 15 is 0 Å². The second-order valence-corrected chi connectivity index (χ2v) is 6.51. The number of halogens is 1. The Kier molecular flexibility index (Phi) is 4.85. The van der Waals surface area contributed by atoms with E-state index in [4.69, 9.17) is 16.3 Å². The van der Waals surface area contributed by atoms with Gasteiger partial charge in [0, 0.05) is 22.7 Å². The third kappa shape index (κ3) is 3.72. The maximum atomic E-state index is 12.4. The Bertz CT molecular complexity index is 675. The van der Waals surface area contributed by atoms with Gasteiger partial charge in [0.05, 0.1) is 0 Å². The summed E-state index contributed by atoms with van der Waals surface area (Å²) < 4.78 is 5.87. The van der Waals surface area contributed by atoms with Crippen molar-refractivity contribution in [3.05, 3.63) is 53.2 Å². The van der Waals surface area contributed by atoms with E-state index in [9.17, 15) is 4.79 Å². The zero-order valence-corrected chi connectivity index (χ0v) is 13.4. The van der Waals surface area contributed by atoms with Gasteiger partial charge in [-0.1, -0.05) is 17.7 Å². The number of carbonyl (C=O) groups excluding carboxylic acids is 1. The second-order valence-electron chi connectivity index (χ2n) is 4.92. The Morgan fingerprint density at radius 1 is 1.36 bits per heavy atom. The predicted octanol–water partition coefficient (Wildman–Crippen LogP) is 3.87. The number of nitrogens with zero attached hydrogens (tertiary/aromatic N) is 1. The standard InChI is InChI=1S/C16H15ClN2O2S/c17-11-3-1-4-12(9-11)19-15(20)14-5-2-7-18-16(14)21-13-6-8-22-10-13/h1-5,7,9,13H,6,8,10H2,(H,19,20). The van der Waals surface area contributed by atoms with Crippen LogP contribution in [0.5, 0.6) is 5.88 Å². The van der Waals surface area contributed by atoms with E-state index in [1.165, 1.54) is 0 Å². The first-order valence-electron chi connectivity index (χ1n) is 6.99. The van der Waals surface area contributed by atoms with Crippen LogP contribution in [-0.2, 0) is 0 Å². The molecule has 1 aromatic heterocycles. The summed E-state index contributed by atoms with van der Waals surface area (Å²) in [6.45, 7) is 0. The van der Waals surface area contributed by atoms with Crippen molar-refractivity contribution in [3.63, 3.8) is 0 Å². The lowest BCUT2D eigenvalue weighted by molar-refractivity contribution is 0.101. The van der Waals surface area contributed by atoms with Crippen LogP contribution in [0.1, 0.15) is 16.8 Å². The lowest BCUT2D eigenvalue weighted by Gasteiger charge is -2.14. The van der Waals surface area contributed by atoms with Crippen LogP contribution in [0.3, 0.4) is 0 Å². The van der Waals surface area contributed by atoms with Crippen molar-refractivity contribution in [2.75, 3.05) is 16.8 Å². The van der Waals surface area contributed by atoms with E-state index < -0.39 is 0 Å². The van der Waals surface area contributed by atoms with Crippen LogP contribution in [0.25, 0.3) is 0 Å². The molecule has 2 heterocycles. The number of pyridine rings is 1. The number of ether oxygens (including phenoxy) is 1. The molecule has 1 fully saturated rings. The average Bonchev–Trinajstić information content (AvgIpc) is 3.01. The van der Waals surface area contributed by atoms with Crippen LogP contribution < -0.4 is 10.1 Å². The molecule has 1 aliphatic heterocycles. The molecule has 3 rings (SSSR count). The van der Waals surface area contributed by atoms with Gasteiger partial charge in [0.1, 0.15) is 11.7 Å². The van der Waals surface area contributed by atoms with Crippen molar-refractivity contribution in [2.24, 2.45) is 0 Å². The van der Waals surface area contributed by atoms with Crippen molar-refractivity contribution in [2.45, 2.75) is 12.5 Å². The Morgan fingerprint density at radius 3 is 3.05 bits per heavy atom. The number of amides is 1. The first-order chi connectivity index (χ1) is 10.7. The maximum Gasteiger partial charge on any atom is 0.261 e. The molecule has 0 saturated carbocycles. The van der Waals surface area contributed by atoms with E-state index in [0.717, 1.165) is 17.9 Å². The highest BCUT2D eigenvalue weighted by Gasteiger charge is 2.21. The van der Waals surface area contributed by atoms with Gasteiger partial charge >= 0.3 is 0 Å². The third-order valence-corrected chi connectivity index (χ3v) is 4.63. The fourth-order valence-electron chi connectivity index (χ4n) is 2.19. The molecule has 1 amide bonds. The molecule has 0 spiro atoms. The smallest absolute Gasteiger partial charge is 0.261 e. The number of aromatic nitrogens is 1. The highest BCUT2D eigenvalue weighted by Crippen LogP contribution is 2.25. The van der Waals surface area contributed by atoms with Gasteiger partial charge in [-0.2, -0.15) is 11.8 Å². The van der Waals surface area contributed by atoms with Crippen LogP contribution in [-0.4, -0.2) is 28.5 Å². The lowest BCUT2D eigenvalue weighted by atomic mass is 10.2. The fourth-order valence-corrected chi connectivity index (χ4v) is 3.47. The van der Waals surface area contributed by atoms with Crippen molar-refractivity contribution in [1.29, 1.82) is 0 Å². The zero-order valence-electron chi connectivity index (χ0n) is 11.8. The molecule has 4 nitrogen and oxygen atoms in total. The average molecular weight is 335 g/mol.